The molecule has 0 unspecified atom stereocenters. The molecule has 3 heterocycles. The second-order valence-electron chi connectivity index (χ2n) is 6.31. The third kappa shape index (κ3) is 3.49. The maximum atomic E-state index is 11.9. The van der Waals surface area contributed by atoms with Gasteiger partial charge in [-0.3, -0.25) is 4.79 Å². The predicted octanol–water partition coefficient (Wildman–Crippen LogP) is 2.93. The first-order valence-electron chi connectivity index (χ1n) is 7.08. The highest BCUT2D eigenvalue weighted by molar-refractivity contribution is 8.00. The summed E-state index contributed by atoms with van der Waals surface area (Å²) in [6, 6.07) is 0. The molecule has 8 heteroatoms. The Morgan fingerprint density at radius 1 is 1.41 bits per heavy atom. The topological polar surface area (TPSA) is 80.9 Å². The molecule has 0 atom stereocenters. The number of carbonyl (C=O) groups excluding carboxylic acids is 1. The van der Waals surface area contributed by atoms with E-state index < -0.39 is 5.41 Å². The van der Waals surface area contributed by atoms with E-state index in [1.807, 2.05) is 37.9 Å². The summed E-state index contributed by atoms with van der Waals surface area (Å²) < 4.78 is 5.28. The van der Waals surface area contributed by atoms with Gasteiger partial charge in [-0.15, -0.1) is 11.3 Å². The Labute approximate surface area is 137 Å². The molecule has 3 rings (SSSR count). The highest BCUT2D eigenvalue weighted by Crippen LogP contribution is 2.32. The minimum atomic E-state index is -0.437. The van der Waals surface area contributed by atoms with Gasteiger partial charge >= 0.3 is 0 Å². The van der Waals surface area contributed by atoms with E-state index in [0.29, 0.717) is 23.4 Å². The maximum absolute atomic E-state index is 11.9. The minimum Gasteiger partial charge on any atom is -0.339 e. The van der Waals surface area contributed by atoms with Gasteiger partial charge < -0.3 is 9.84 Å². The number of hydrogen-bond acceptors (Lipinski definition) is 7. The number of nitrogens with zero attached hydrogens (tertiary/aromatic N) is 3. The molecule has 0 bridgehead atoms. The van der Waals surface area contributed by atoms with Crippen LogP contribution in [-0.2, 0) is 11.2 Å². The smallest absolute Gasteiger partial charge is 0.232 e. The van der Waals surface area contributed by atoms with Gasteiger partial charge in [0, 0.05) is 28.2 Å². The van der Waals surface area contributed by atoms with Crippen LogP contribution in [0.1, 0.15) is 44.1 Å². The number of thioether (sulfide) groups is 1. The van der Waals surface area contributed by atoms with E-state index in [2.05, 4.69) is 20.4 Å². The van der Waals surface area contributed by atoms with Crippen molar-refractivity contribution in [2.45, 2.75) is 33.1 Å². The molecule has 6 nitrogen and oxygen atoms in total. The summed E-state index contributed by atoms with van der Waals surface area (Å²) in [5.74, 6) is 3.89. The standard InChI is InChI=1S/C14H18N4O2S2/c1-14(2,3)12(19)17-13-15-9(7-22-13)4-10-16-11(18-20-10)8-5-21-6-8/h7-8H,4-6H2,1-3H3,(H,15,17,19). The van der Waals surface area contributed by atoms with Crippen molar-refractivity contribution in [3.8, 4) is 0 Å². The minimum absolute atomic E-state index is 0.0454. The van der Waals surface area contributed by atoms with Crippen LogP contribution in [0.2, 0.25) is 0 Å². The summed E-state index contributed by atoms with van der Waals surface area (Å²) in [5, 5.41) is 9.36. The molecule has 1 saturated heterocycles. The van der Waals surface area contributed by atoms with Gasteiger partial charge in [0.1, 0.15) is 0 Å². The van der Waals surface area contributed by atoms with Gasteiger partial charge in [-0.05, 0) is 0 Å². The summed E-state index contributed by atoms with van der Waals surface area (Å²) >= 11 is 3.30. The molecule has 1 aliphatic rings. The molecule has 0 aromatic carbocycles. The first kappa shape index (κ1) is 15.5. The van der Waals surface area contributed by atoms with E-state index in [4.69, 9.17) is 4.52 Å². The number of amides is 1. The zero-order valence-corrected chi connectivity index (χ0v) is 14.4. The van der Waals surface area contributed by atoms with Crippen LogP contribution in [0.4, 0.5) is 5.13 Å². The lowest BCUT2D eigenvalue weighted by atomic mass is 9.96. The van der Waals surface area contributed by atoms with Gasteiger partial charge in [-0.25, -0.2) is 4.98 Å². The molecular weight excluding hydrogens is 320 g/mol. The number of carbonyl (C=O) groups is 1. The second-order valence-corrected chi connectivity index (χ2v) is 8.24. The van der Waals surface area contributed by atoms with Gasteiger partial charge in [0.15, 0.2) is 11.0 Å². The first-order valence-corrected chi connectivity index (χ1v) is 9.11. The second kappa shape index (κ2) is 6.00. The summed E-state index contributed by atoms with van der Waals surface area (Å²) in [4.78, 5) is 20.8. The highest BCUT2D eigenvalue weighted by Gasteiger charge is 2.26. The van der Waals surface area contributed by atoms with Crippen LogP contribution in [0, 0.1) is 5.41 Å². The number of aromatic nitrogens is 3. The largest absolute Gasteiger partial charge is 0.339 e. The van der Waals surface area contributed by atoms with Gasteiger partial charge in [0.2, 0.25) is 11.8 Å². The van der Waals surface area contributed by atoms with E-state index >= 15 is 0 Å². The number of thiazole rings is 1. The molecule has 2 aromatic rings. The van der Waals surface area contributed by atoms with E-state index in [9.17, 15) is 4.79 Å². The molecule has 0 saturated carbocycles. The zero-order chi connectivity index (χ0) is 15.7. The Morgan fingerprint density at radius 3 is 2.82 bits per heavy atom. The molecule has 1 fully saturated rings. The molecule has 118 valence electrons. The van der Waals surface area contributed by atoms with Gasteiger partial charge in [0.25, 0.3) is 0 Å². The average Bonchev–Trinajstić information content (AvgIpc) is 2.97. The third-order valence-electron chi connectivity index (χ3n) is 3.27. The molecule has 1 aliphatic heterocycles. The van der Waals surface area contributed by atoms with Crippen molar-refractivity contribution in [2.75, 3.05) is 16.8 Å². The summed E-state index contributed by atoms with van der Waals surface area (Å²) in [6.07, 6.45) is 0.495. The molecule has 22 heavy (non-hydrogen) atoms. The van der Waals surface area contributed by atoms with Crippen molar-refractivity contribution in [3.05, 3.63) is 22.8 Å². The summed E-state index contributed by atoms with van der Waals surface area (Å²) in [6.45, 7) is 5.61. The van der Waals surface area contributed by atoms with Crippen LogP contribution in [-0.4, -0.2) is 32.5 Å². The Morgan fingerprint density at radius 2 is 2.18 bits per heavy atom. The SMILES string of the molecule is CC(C)(C)C(=O)Nc1nc(Cc2nc(C3CSC3)no2)cs1. The third-order valence-corrected chi connectivity index (χ3v) is 5.36. The quantitative estimate of drug-likeness (QED) is 0.923. The average molecular weight is 338 g/mol. The maximum Gasteiger partial charge on any atom is 0.232 e. The van der Waals surface area contributed by atoms with Gasteiger partial charge in [-0.1, -0.05) is 25.9 Å². The lowest BCUT2D eigenvalue weighted by Crippen LogP contribution is -2.27. The lowest BCUT2D eigenvalue weighted by Gasteiger charge is -2.20. The number of anilines is 1. The molecule has 0 spiro atoms. The van der Waals surface area contributed by atoms with Crippen LogP contribution in [0.5, 0.6) is 0 Å². The molecule has 0 aliphatic carbocycles. The first-order chi connectivity index (χ1) is 10.4. The molecule has 1 N–H and O–H groups in total. The Balaban J connectivity index is 1.61. The highest BCUT2D eigenvalue weighted by atomic mass is 32.2. The predicted molar refractivity (Wildman–Crippen MR) is 87.4 cm³/mol. The number of rotatable bonds is 4. The van der Waals surface area contributed by atoms with Crippen molar-refractivity contribution < 1.29 is 9.32 Å². The fraction of sp³-hybridized carbons (Fsp3) is 0.571. The van der Waals surface area contributed by atoms with Crippen molar-refractivity contribution in [1.29, 1.82) is 0 Å². The summed E-state index contributed by atoms with van der Waals surface area (Å²) in [7, 11) is 0. The Bertz CT molecular complexity index is 670. The van der Waals surface area contributed by atoms with Crippen molar-refractivity contribution >= 4 is 34.1 Å². The van der Waals surface area contributed by atoms with E-state index in [1.165, 1.54) is 11.3 Å². The molecular formula is C14H18N4O2S2. The van der Waals surface area contributed by atoms with Crippen LogP contribution >= 0.6 is 23.1 Å². The Kier molecular flexibility index (Phi) is 4.22. The fourth-order valence-electron chi connectivity index (χ4n) is 1.78. The van der Waals surface area contributed by atoms with Crippen molar-refractivity contribution in [2.24, 2.45) is 5.41 Å². The van der Waals surface area contributed by atoms with E-state index in [-0.39, 0.29) is 5.91 Å². The monoisotopic (exact) mass is 338 g/mol. The van der Waals surface area contributed by atoms with Crippen LogP contribution in [0.25, 0.3) is 0 Å². The fourth-order valence-corrected chi connectivity index (χ4v) is 3.25. The van der Waals surface area contributed by atoms with Gasteiger partial charge in [0.05, 0.1) is 12.1 Å². The zero-order valence-electron chi connectivity index (χ0n) is 12.8. The van der Waals surface area contributed by atoms with Crippen molar-refractivity contribution in [3.63, 3.8) is 0 Å². The molecule has 1 amide bonds. The van der Waals surface area contributed by atoms with Crippen LogP contribution in [0.15, 0.2) is 9.90 Å². The number of hydrogen-bond donors (Lipinski definition) is 1. The lowest BCUT2D eigenvalue weighted by molar-refractivity contribution is -0.123. The van der Waals surface area contributed by atoms with Gasteiger partial charge in [-0.2, -0.15) is 16.7 Å². The molecule has 2 aromatic heterocycles. The van der Waals surface area contributed by atoms with Crippen molar-refractivity contribution in [1.82, 2.24) is 15.1 Å². The normalized spacial score (nSPS) is 15.6. The van der Waals surface area contributed by atoms with Crippen LogP contribution < -0.4 is 5.32 Å². The molecule has 0 radical (unpaired) electrons. The summed E-state index contributed by atoms with van der Waals surface area (Å²) in [5.41, 5.74) is 0.390. The van der Waals surface area contributed by atoms with E-state index in [1.54, 1.807) is 0 Å². The Hall–Kier alpha value is -1.41. The number of nitrogens with one attached hydrogen (secondary N) is 1. The van der Waals surface area contributed by atoms with E-state index in [0.717, 1.165) is 23.0 Å². The van der Waals surface area contributed by atoms with Crippen LogP contribution in [0.3, 0.4) is 0 Å².